The van der Waals surface area contributed by atoms with Crippen LogP contribution < -0.4 is 4.74 Å². The van der Waals surface area contributed by atoms with Gasteiger partial charge in [-0.3, -0.25) is 0 Å². The SMILES string of the molecule is O=CC1(COC(=O)c2ccc(Br)cc2)CCOc2cc(Cl)ccc21. The van der Waals surface area contributed by atoms with Crippen LogP contribution >= 0.6 is 27.5 Å². The van der Waals surface area contributed by atoms with E-state index in [1.807, 2.05) is 0 Å². The third-order valence-electron chi connectivity index (χ3n) is 4.05. The zero-order valence-corrected chi connectivity index (χ0v) is 15.0. The molecule has 0 N–H and O–H groups in total. The fourth-order valence-electron chi connectivity index (χ4n) is 2.67. The standard InChI is InChI=1S/C18H14BrClO4/c19-13-3-1-12(2-4-13)17(22)24-11-18(10-21)7-8-23-16-9-14(20)5-6-15(16)18/h1-6,9-10H,7-8,11H2. The van der Waals surface area contributed by atoms with Crippen molar-refractivity contribution in [1.29, 1.82) is 0 Å². The van der Waals surface area contributed by atoms with Gasteiger partial charge in [-0.2, -0.15) is 0 Å². The Hall–Kier alpha value is -1.85. The minimum absolute atomic E-state index is 0.0383. The van der Waals surface area contributed by atoms with Crippen molar-refractivity contribution in [1.82, 2.24) is 0 Å². The first-order chi connectivity index (χ1) is 11.5. The van der Waals surface area contributed by atoms with E-state index in [1.165, 1.54) is 0 Å². The lowest BCUT2D eigenvalue weighted by atomic mass is 9.78. The summed E-state index contributed by atoms with van der Waals surface area (Å²) in [6.45, 7) is 0.325. The lowest BCUT2D eigenvalue weighted by Gasteiger charge is -2.33. The molecular formula is C18H14BrClO4. The van der Waals surface area contributed by atoms with E-state index in [4.69, 9.17) is 21.1 Å². The summed E-state index contributed by atoms with van der Waals surface area (Å²) in [4.78, 5) is 24.1. The first-order valence-electron chi connectivity index (χ1n) is 7.36. The molecule has 1 aliphatic heterocycles. The van der Waals surface area contributed by atoms with E-state index in [0.29, 0.717) is 34.9 Å². The lowest BCUT2D eigenvalue weighted by molar-refractivity contribution is -0.115. The molecule has 1 atom stereocenters. The molecule has 0 amide bonds. The topological polar surface area (TPSA) is 52.6 Å². The number of halogens is 2. The highest BCUT2D eigenvalue weighted by Gasteiger charge is 2.39. The Morgan fingerprint density at radius 1 is 1.29 bits per heavy atom. The van der Waals surface area contributed by atoms with Crippen LogP contribution in [0.3, 0.4) is 0 Å². The van der Waals surface area contributed by atoms with Gasteiger partial charge in [-0.15, -0.1) is 0 Å². The third-order valence-corrected chi connectivity index (χ3v) is 4.82. The molecule has 0 saturated heterocycles. The van der Waals surface area contributed by atoms with E-state index < -0.39 is 11.4 Å². The van der Waals surface area contributed by atoms with Crippen LogP contribution in [-0.4, -0.2) is 25.5 Å². The van der Waals surface area contributed by atoms with Crippen molar-refractivity contribution in [2.24, 2.45) is 0 Å². The summed E-state index contributed by atoms with van der Waals surface area (Å²) >= 11 is 9.29. The molecule has 1 aliphatic rings. The van der Waals surface area contributed by atoms with Crippen molar-refractivity contribution >= 4 is 39.8 Å². The molecule has 24 heavy (non-hydrogen) atoms. The number of rotatable bonds is 4. The van der Waals surface area contributed by atoms with Crippen LogP contribution in [0.5, 0.6) is 5.75 Å². The first-order valence-corrected chi connectivity index (χ1v) is 8.53. The van der Waals surface area contributed by atoms with Crippen molar-refractivity contribution in [2.75, 3.05) is 13.2 Å². The van der Waals surface area contributed by atoms with E-state index in [9.17, 15) is 9.59 Å². The minimum atomic E-state index is -0.913. The summed E-state index contributed by atoms with van der Waals surface area (Å²) in [5.41, 5.74) is 0.211. The Morgan fingerprint density at radius 2 is 2.04 bits per heavy atom. The van der Waals surface area contributed by atoms with E-state index in [2.05, 4.69) is 15.9 Å². The summed E-state index contributed by atoms with van der Waals surface area (Å²) in [5, 5.41) is 0.530. The number of hydrogen-bond acceptors (Lipinski definition) is 4. The average Bonchev–Trinajstić information content (AvgIpc) is 2.59. The molecule has 6 heteroatoms. The number of ether oxygens (including phenoxy) is 2. The molecule has 1 unspecified atom stereocenters. The van der Waals surface area contributed by atoms with Gasteiger partial charge in [0.25, 0.3) is 0 Å². The van der Waals surface area contributed by atoms with Crippen LogP contribution in [0.25, 0.3) is 0 Å². The second kappa shape index (κ2) is 6.95. The maximum Gasteiger partial charge on any atom is 0.338 e. The molecule has 0 radical (unpaired) electrons. The molecule has 124 valence electrons. The maximum absolute atomic E-state index is 12.2. The number of carbonyl (C=O) groups excluding carboxylic acids is 2. The predicted molar refractivity (Wildman–Crippen MR) is 93.7 cm³/mol. The van der Waals surface area contributed by atoms with Gasteiger partial charge in [-0.25, -0.2) is 4.79 Å². The number of carbonyl (C=O) groups is 2. The Morgan fingerprint density at radius 3 is 2.75 bits per heavy atom. The first kappa shape index (κ1) is 17.0. The average molecular weight is 410 g/mol. The second-order valence-corrected chi connectivity index (χ2v) is 6.95. The van der Waals surface area contributed by atoms with Crippen molar-refractivity contribution in [2.45, 2.75) is 11.8 Å². The highest BCUT2D eigenvalue weighted by molar-refractivity contribution is 9.10. The van der Waals surface area contributed by atoms with Gasteiger partial charge >= 0.3 is 5.97 Å². The molecule has 3 rings (SSSR count). The van der Waals surface area contributed by atoms with Crippen LogP contribution in [0.4, 0.5) is 0 Å². The van der Waals surface area contributed by atoms with Crippen molar-refractivity contribution in [3.05, 3.63) is 63.1 Å². The van der Waals surface area contributed by atoms with Crippen LogP contribution in [0.2, 0.25) is 5.02 Å². The zero-order valence-electron chi connectivity index (χ0n) is 12.6. The molecule has 2 aromatic carbocycles. The zero-order chi connectivity index (χ0) is 17.2. The third kappa shape index (κ3) is 3.32. The van der Waals surface area contributed by atoms with Gasteiger partial charge in [0.1, 0.15) is 18.6 Å². The van der Waals surface area contributed by atoms with Crippen molar-refractivity contribution in [3.63, 3.8) is 0 Å². The van der Waals surface area contributed by atoms with Crippen LogP contribution in [0.1, 0.15) is 22.3 Å². The van der Waals surface area contributed by atoms with E-state index in [0.717, 1.165) is 10.8 Å². The Labute approximate surface area is 152 Å². The molecule has 0 spiro atoms. The molecule has 2 aromatic rings. The summed E-state index contributed by atoms with van der Waals surface area (Å²) in [5.74, 6) is 0.0891. The van der Waals surface area contributed by atoms with Crippen LogP contribution in [0.15, 0.2) is 46.9 Å². The number of benzene rings is 2. The fourth-order valence-corrected chi connectivity index (χ4v) is 3.10. The van der Waals surface area contributed by atoms with Crippen molar-refractivity contribution in [3.8, 4) is 5.75 Å². The largest absolute Gasteiger partial charge is 0.493 e. The number of aldehydes is 1. The Bertz CT molecular complexity index is 775. The number of esters is 1. The highest BCUT2D eigenvalue weighted by atomic mass is 79.9. The number of fused-ring (bicyclic) bond motifs is 1. The highest BCUT2D eigenvalue weighted by Crippen LogP contribution is 2.39. The summed E-state index contributed by atoms with van der Waals surface area (Å²) in [6, 6.07) is 12.0. The Kier molecular flexibility index (Phi) is 4.92. The van der Waals surface area contributed by atoms with E-state index in [-0.39, 0.29) is 6.61 Å². The lowest BCUT2D eigenvalue weighted by Crippen LogP contribution is -2.39. The van der Waals surface area contributed by atoms with Gasteiger partial charge in [0.15, 0.2) is 0 Å². The fraction of sp³-hybridized carbons (Fsp3) is 0.222. The quantitative estimate of drug-likeness (QED) is 0.561. The molecule has 0 fully saturated rings. The molecular weight excluding hydrogens is 396 g/mol. The van der Waals surface area contributed by atoms with Gasteiger partial charge < -0.3 is 14.3 Å². The van der Waals surface area contributed by atoms with E-state index in [1.54, 1.807) is 42.5 Å². The smallest absolute Gasteiger partial charge is 0.338 e. The monoisotopic (exact) mass is 408 g/mol. The minimum Gasteiger partial charge on any atom is -0.493 e. The predicted octanol–water partition coefficient (Wildman–Crippen LogP) is 4.18. The second-order valence-electron chi connectivity index (χ2n) is 5.60. The molecule has 0 bridgehead atoms. The van der Waals surface area contributed by atoms with Gasteiger partial charge in [0.05, 0.1) is 17.6 Å². The van der Waals surface area contributed by atoms with Crippen molar-refractivity contribution < 1.29 is 19.1 Å². The van der Waals surface area contributed by atoms with Gasteiger partial charge in [-0.05, 0) is 36.4 Å². The summed E-state index contributed by atoms with van der Waals surface area (Å²) < 4.78 is 11.9. The van der Waals surface area contributed by atoms with Crippen LogP contribution in [0, 0.1) is 0 Å². The Balaban J connectivity index is 1.81. The molecule has 0 aromatic heterocycles. The van der Waals surface area contributed by atoms with E-state index >= 15 is 0 Å². The van der Waals surface area contributed by atoms with Gasteiger partial charge in [-0.1, -0.05) is 33.6 Å². The molecule has 1 heterocycles. The van der Waals surface area contributed by atoms with Crippen LogP contribution in [-0.2, 0) is 14.9 Å². The molecule has 4 nitrogen and oxygen atoms in total. The van der Waals surface area contributed by atoms with Gasteiger partial charge in [0.2, 0.25) is 0 Å². The maximum atomic E-state index is 12.2. The summed E-state index contributed by atoms with van der Waals surface area (Å²) in [7, 11) is 0. The normalized spacial score (nSPS) is 19.1. The summed E-state index contributed by atoms with van der Waals surface area (Å²) in [6.07, 6.45) is 1.27. The number of hydrogen-bond donors (Lipinski definition) is 0. The molecule has 0 aliphatic carbocycles. The molecule has 0 saturated carbocycles. The van der Waals surface area contributed by atoms with Gasteiger partial charge in [0, 0.05) is 21.5 Å².